The Morgan fingerprint density at radius 2 is 1.76 bits per heavy atom. The topological polar surface area (TPSA) is 55.0 Å². The number of aromatic nitrogens is 2. The molecule has 1 aromatic carbocycles. The number of para-hydroxylation sites is 1. The highest BCUT2D eigenvalue weighted by molar-refractivity contribution is 5.90. The van der Waals surface area contributed by atoms with Gasteiger partial charge in [-0.25, -0.2) is 4.98 Å². The fraction of sp³-hybridized carbons (Fsp3) is 0.429. The van der Waals surface area contributed by atoms with Crippen LogP contribution in [0.15, 0.2) is 24.3 Å². The molecule has 0 unspecified atom stereocenters. The number of nitrogens with two attached hydrogens (primary N) is 1. The lowest BCUT2D eigenvalue weighted by atomic mass is 9.96. The number of nitrogen functional groups attached to an aromatic ring is 1. The minimum absolute atomic E-state index is 0.0851. The standard InChI is InChI=1S/C14H15F3N4/c15-14(16,17)9-5-7-21(8-6-9)12-10-3-1-2-4-11(10)19-13(18)20-12/h1-4,9H,5-8H2,(H2,18,19,20). The van der Waals surface area contributed by atoms with Crippen LogP contribution in [0.25, 0.3) is 10.9 Å². The molecule has 1 aliphatic rings. The largest absolute Gasteiger partial charge is 0.391 e. The van der Waals surface area contributed by atoms with Gasteiger partial charge in [0.25, 0.3) is 0 Å². The summed E-state index contributed by atoms with van der Waals surface area (Å²) < 4.78 is 38.2. The van der Waals surface area contributed by atoms with E-state index in [2.05, 4.69) is 9.97 Å². The van der Waals surface area contributed by atoms with Crippen molar-refractivity contribution in [3.8, 4) is 0 Å². The smallest absolute Gasteiger partial charge is 0.368 e. The molecular weight excluding hydrogens is 281 g/mol. The summed E-state index contributed by atoms with van der Waals surface area (Å²) >= 11 is 0. The van der Waals surface area contributed by atoms with Crippen molar-refractivity contribution in [3.05, 3.63) is 24.3 Å². The van der Waals surface area contributed by atoms with Crippen LogP contribution >= 0.6 is 0 Å². The highest BCUT2D eigenvalue weighted by Crippen LogP contribution is 2.36. The zero-order chi connectivity index (χ0) is 15.0. The summed E-state index contributed by atoms with van der Waals surface area (Å²) in [4.78, 5) is 10.2. The number of hydrogen-bond acceptors (Lipinski definition) is 4. The molecule has 2 heterocycles. The average Bonchev–Trinajstić information content (AvgIpc) is 2.45. The molecule has 0 amide bonds. The lowest BCUT2D eigenvalue weighted by Crippen LogP contribution is -2.39. The number of anilines is 2. The van der Waals surface area contributed by atoms with Crippen LogP contribution in [-0.2, 0) is 0 Å². The molecule has 0 atom stereocenters. The summed E-state index contributed by atoms with van der Waals surface area (Å²) in [5.41, 5.74) is 6.41. The number of benzene rings is 1. The predicted molar refractivity (Wildman–Crippen MR) is 74.9 cm³/mol. The first-order valence-corrected chi connectivity index (χ1v) is 6.79. The molecule has 0 bridgehead atoms. The number of rotatable bonds is 1. The summed E-state index contributed by atoms with van der Waals surface area (Å²) in [5.74, 6) is -0.459. The van der Waals surface area contributed by atoms with Crippen LogP contribution in [0.5, 0.6) is 0 Å². The van der Waals surface area contributed by atoms with E-state index in [1.165, 1.54) is 0 Å². The van der Waals surface area contributed by atoms with Crippen molar-refractivity contribution < 1.29 is 13.2 Å². The van der Waals surface area contributed by atoms with Crippen molar-refractivity contribution in [1.29, 1.82) is 0 Å². The van der Waals surface area contributed by atoms with Crippen molar-refractivity contribution in [1.82, 2.24) is 9.97 Å². The molecule has 4 nitrogen and oxygen atoms in total. The first kappa shape index (κ1) is 13.9. The van der Waals surface area contributed by atoms with E-state index in [4.69, 9.17) is 5.73 Å². The fourth-order valence-corrected chi connectivity index (χ4v) is 2.74. The summed E-state index contributed by atoms with van der Waals surface area (Å²) in [5, 5.41) is 0.817. The molecule has 1 fully saturated rings. The highest BCUT2D eigenvalue weighted by Gasteiger charge is 2.41. The van der Waals surface area contributed by atoms with Gasteiger partial charge in [-0.1, -0.05) is 12.1 Å². The van der Waals surface area contributed by atoms with Gasteiger partial charge in [0.15, 0.2) is 0 Å². The van der Waals surface area contributed by atoms with Crippen molar-refractivity contribution in [2.45, 2.75) is 19.0 Å². The van der Waals surface area contributed by atoms with Crippen molar-refractivity contribution in [2.75, 3.05) is 23.7 Å². The maximum Gasteiger partial charge on any atom is 0.391 e. The van der Waals surface area contributed by atoms with Gasteiger partial charge >= 0.3 is 6.18 Å². The van der Waals surface area contributed by atoms with Gasteiger partial charge in [0, 0.05) is 18.5 Å². The van der Waals surface area contributed by atoms with Gasteiger partial charge in [0.05, 0.1) is 11.4 Å². The predicted octanol–water partition coefficient (Wildman–Crippen LogP) is 2.99. The van der Waals surface area contributed by atoms with E-state index in [1.807, 2.05) is 29.2 Å². The maximum atomic E-state index is 12.7. The molecule has 0 radical (unpaired) electrons. The lowest BCUT2D eigenvalue weighted by Gasteiger charge is -2.34. The van der Waals surface area contributed by atoms with Crippen molar-refractivity contribution in [2.24, 2.45) is 5.92 Å². The molecule has 7 heteroatoms. The van der Waals surface area contributed by atoms with E-state index in [0.29, 0.717) is 24.4 Å². The Kier molecular flexibility index (Phi) is 3.35. The molecule has 0 saturated carbocycles. The van der Waals surface area contributed by atoms with Gasteiger partial charge in [-0.3, -0.25) is 0 Å². The summed E-state index contributed by atoms with van der Waals surface area (Å²) in [6.45, 7) is 0.648. The van der Waals surface area contributed by atoms with Gasteiger partial charge in [-0.05, 0) is 25.0 Å². The first-order valence-electron chi connectivity index (χ1n) is 6.79. The van der Waals surface area contributed by atoms with Crippen LogP contribution in [-0.4, -0.2) is 29.2 Å². The highest BCUT2D eigenvalue weighted by atomic mass is 19.4. The average molecular weight is 296 g/mol. The molecule has 0 spiro atoms. The molecule has 3 rings (SSSR count). The Hall–Kier alpha value is -2.05. The number of piperidine rings is 1. The zero-order valence-electron chi connectivity index (χ0n) is 11.3. The summed E-state index contributed by atoms with van der Waals surface area (Å²) in [6.07, 6.45) is -3.94. The Balaban J connectivity index is 1.89. The molecule has 1 aliphatic heterocycles. The van der Waals surface area contributed by atoms with Gasteiger partial charge in [0.1, 0.15) is 5.82 Å². The lowest BCUT2D eigenvalue weighted by molar-refractivity contribution is -0.179. The second-order valence-electron chi connectivity index (χ2n) is 5.23. The van der Waals surface area contributed by atoms with Gasteiger partial charge in [-0.15, -0.1) is 0 Å². The number of halogens is 3. The Morgan fingerprint density at radius 3 is 2.43 bits per heavy atom. The molecule has 112 valence electrons. The van der Waals surface area contributed by atoms with Crippen LogP contribution < -0.4 is 10.6 Å². The third-order valence-electron chi connectivity index (χ3n) is 3.86. The van der Waals surface area contributed by atoms with Gasteiger partial charge < -0.3 is 10.6 Å². The Labute approximate surface area is 119 Å². The van der Waals surface area contributed by atoms with E-state index in [-0.39, 0.29) is 18.8 Å². The monoisotopic (exact) mass is 296 g/mol. The zero-order valence-corrected chi connectivity index (χ0v) is 11.3. The SMILES string of the molecule is Nc1nc(N2CCC(C(F)(F)F)CC2)c2ccccc2n1. The van der Waals surface area contributed by atoms with Crippen molar-refractivity contribution >= 4 is 22.7 Å². The molecule has 21 heavy (non-hydrogen) atoms. The molecule has 1 aromatic heterocycles. The maximum absolute atomic E-state index is 12.7. The minimum Gasteiger partial charge on any atom is -0.368 e. The summed E-state index contributed by atoms with van der Waals surface area (Å²) in [6, 6.07) is 7.38. The van der Waals surface area contributed by atoms with E-state index in [1.54, 1.807) is 0 Å². The Morgan fingerprint density at radius 1 is 1.10 bits per heavy atom. The Bertz CT molecular complexity index is 648. The minimum atomic E-state index is -4.11. The number of alkyl halides is 3. The van der Waals surface area contributed by atoms with E-state index in [9.17, 15) is 13.2 Å². The second-order valence-corrected chi connectivity index (χ2v) is 5.23. The number of fused-ring (bicyclic) bond motifs is 1. The number of nitrogens with zero attached hydrogens (tertiary/aromatic N) is 3. The molecule has 2 N–H and O–H groups in total. The van der Waals surface area contributed by atoms with Crippen LogP contribution in [0.1, 0.15) is 12.8 Å². The first-order chi connectivity index (χ1) is 9.95. The fourth-order valence-electron chi connectivity index (χ4n) is 2.74. The molecular formula is C14H15F3N4. The van der Waals surface area contributed by atoms with Crippen LogP contribution in [0.2, 0.25) is 0 Å². The van der Waals surface area contributed by atoms with E-state index in [0.717, 1.165) is 5.39 Å². The van der Waals surface area contributed by atoms with Crippen LogP contribution in [0.3, 0.4) is 0 Å². The van der Waals surface area contributed by atoms with E-state index >= 15 is 0 Å². The number of hydrogen-bond donors (Lipinski definition) is 1. The van der Waals surface area contributed by atoms with Gasteiger partial charge in [0.2, 0.25) is 5.95 Å². The third-order valence-corrected chi connectivity index (χ3v) is 3.86. The molecule has 2 aromatic rings. The third kappa shape index (κ3) is 2.72. The van der Waals surface area contributed by atoms with E-state index < -0.39 is 12.1 Å². The normalized spacial score (nSPS) is 17.4. The van der Waals surface area contributed by atoms with Crippen molar-refractivity contribution in [3.63, 3.8) is 0 Å². The van der Waals surface area contributed by atoms with Gasteiger partial charge in [-0.2, -0.15) is 18.2 Å². The molecule has 0 aliphatic carbocycles. The quantitative estimate of drug-likeness (QED) is 0.879. The van der Waals surface area contributed by atoms with Crippen LogP contribution in [0, 0.1) is 5.92 Å². The van der Waals surface area contributed by atoms with Crippen LogP contribution in [0.4, 0.5) is 24.9 Å². The molecule has 1 saturated heterocycles. The second kappa shape index (κ2) is 5.05. The summed E-state index contributed by atoms with van der Waals surface area (Å²) in [7, 11) is 0.